The number of nitrogens with one attached hydrogen (secondary N) is 1. The van der Waals surface area contributed by atoms with Gasteiger partial charge in [-0.15, -0.1) is 0 Å². The van der Waals surface area contributed by atoms with Gasteiger partial charge in [0.25, 0.3) is 0 Å². The maximum absolute atomic E-state index is 3.16. The molecule has 17 heavy (non-hydrogen) atoms. The zero-order valence-electron chi connectivity index (χ0n) is 11.2. The molecule has 0 spiro atoms. The Morgan fingerprint density at radius 3 is 2.29 bits per heavy atom. The zero-order chi connectivity index (χ0) is 12.3. The summed E-state index contributed by atoms with van der Waals surface area (Å²) < 4.78 is 1.17. The average Bonchev–Trinajstić information content (AvgIpc) is 2.34. The summed E-state index contributed by atoms with van der Waals surface area (Å²) in [6.45, 7) is 6.09. The molecule has 1 aliphatic heterocycles. The van der Waals surface area contributed by atoms with Gasteiger partial charge in [-0.1, -0.05) is 12.1 Å². The number of likely N-dealkylation sites (N-methyl/N-ethyl adjacent to an activating group) is 2. The molecule has 3 nitrogen and oxygen atoms in total. The molecule has 0 aromatic heterocycles. The molecule has 3 heteroatoms. The van der Waals surface area contributed by atoms with Crippen LogP contribution in [0.4, 0.5) is 5.69 Å². The maximum atomic E-state index is 3.16. The molecule has 1 fully saturated rings. The van der Waals surface area contributed by atoms with E-state index in [-0.39, 0.29) is 0 Å². The highest BCUT2D eigenvalue weighted by Crippen LogP contribution is 2.17. The summed E-state index contributed by atoms with van der Waals surface area (Å²) in [5.41, 5.74) is 2.63. The first-order valence-electron chi connectivity index (χ1n) is 6.40. The minimum absolute atomic E-state index is 1.15. The third-order valence-corrected chi connectivity index (χ3v) is 3.85. The van der Waals surface area contributed by atoms with Crippen molar-refractivity contribution >= 4 is 5.69 Å². The van der Waals surface area contributed by atoms with Crippen molar-refractivity contribution in [1.29, 1.82) is 0 Å². The van der Waals surface area contributed by atoms with Crippen LogP contribution >= 0.6 is 0 Å². The Morgan fingerprint density at radius 1 is 1.18 bits per heavy atom. The lowest BCUT2D eigenvalue weighted by Gasteiger charge is -2.41. The minimum atomic E-state index is 1.15. The SMILES string of the molecule is CNc1ccc(C[N+]2(C)CCN(C)CC2)cc1. The van der Waals surface area contributed by atoms with Crippen LogP contribution in [0.3, 0.4) is 0 Å². The van der Waals surface area contributed by atoms with Crippen LogP contribution in [0.25, 0.3) is 0 Å². The Balaban J connectivity index is 1.99. The van der Waals surface area contributed by atoms with Gasteiger partial charge in [-0.3, -0.25) is 4.90 Å². The number of nitrogens with zero attached hydrogens (tertiary/aromatic N) is 2. The molecule has 1 aromatic carbocycles. The van der Waals surface area contributed by atoms with Gasteiger partial charge in [0.05, 0.1) is 20.1 Å². The summed E-state index contributed by atoms with van der Waals surface area (Å²) in [4.78, 5) is 2.42. The third kappa shape index (κ3) is 3.20. The lowest BCUT2D eigenvalue weighted by Crippen LogP contribution is -2.55. The van der Waals surface area contributed by atoms with Crippen molar-refractivity contribution in [3.8, 4) is 0 Å². The highest BCUT2D eigenvalue weighted by molar-refractivity contribution is 5.43. The van der Waals surface area contributed by atoms with Gasteiger partial charge in [-0.05, 0) is 19.2 Å². The summed E-state index contributed by atoms with van der Waals surface area (Å²) in [5, 5.41) is 3.16. The topological polar surface area (TPSA) is 15.3 Å². The second-order valence-corrected chi connectivity index (χ2v) is 5.48. The third-order valence-electron chi connectivity index (χ3n) is 3.85. The average molecular weight is 234 g/mol. The molecule has 0 amide bonds. The largest absolute Gasteiger partial charge is 0.388 e. The van der Waals surface area contributed by atoms with Gasteiger partial charge in [-0.2, -0.15) is 0 Å². The van der Waals surface area contributed by atoms with E-state index in [0.29, 0.717) is 0 Å². The van der Waals surface area contributed by atoms with E-state index in [1.165, 1.54) is 41.9 Å². The van der Waals surface area contributed by atoms with Crippen LogP contribution in [0.5, 0.6) is 0 Å². The number of benzene rings is 1. The molecule has 0 unspecified atom stereocenters. The first-order chi connectivity index (χ1) is 8.11. The lowest BCUT2D eigenvalue weighted by molar-refractivity contribution is -0.926. The molecule has 94 valence electrons. The first-order valence-corrected chi connectivity index (χ1v) is 6.40. The Hall–Kier alpha value is -1.06. The lowest BCUT2D eigenvalue weighted by atomic mass is 10.1. The van der Waals surface area contributed by atoms with Gasteiger partial charge in [-0.25, -0.2) is 0 Å². The van der Waals surface area contributed by atoms with Crippen LogP contribution in [0.1, 0.15) is 5.56 Å². The number of rotatable bonds is 3. The Kier molecular flexibility index (Phi) is 3.69. The fourth-order valence-electron chi connectivity index (χ4n) is 2.42. The van der Waals surface area contributed by atoms with Crippen molar-refractivity contribution in [3.63, 3.8) is 0 Å². The number of hydrogen-bond acceptors (Lipinski definition) is 2. The van der Waals surface area contributed by atoms with Crippen molar-refractivity contribution in [1.82, 2.24) is 4.90 Å². The molecule has 0 radical (unpaired) electrons. The van der Waals surface area contributed by atoms with E-state index in [2.05, 4.69) is 48.6 Å². The highest BCUT2D eigenvalue weighted by atomic mass is 15.4. The Morgan fingerprint density at radius 2 is 1.76 bits per heavy atom. The van der Waals surface area contributed by atoms with E-state index in [1.54, 1.807) is 0 Å². The van der Waals surface area contributed by atoms with Gasteiger partial charge < -0.3 is 9.80 Å². The van der Waals surface area contributed by atoms with Crippen LogP contribution in [-0.4, -0.2) is 56.7 Å². The predicted molar refractivity (Wildman–Crippen MR) is 73.1 cm³/mol. The van der Waals surface area contributed by atoms with E-state index in [9.17, 15) is 0 Å². The van der Waals surface area contributed by atoms with E-state index < -0.39 is 0 Å². The second-order valence-electron chi connectivity index (χ2n) is 5.48. The summed E-state index contributed by atoms with van der Waals surface area (Å²) in [5.74, 6) is 0. The monoisotopic (exact) mass is 234 g/mol. The van der Waals surface area contributed by atoms with Crippen molar-refractivity contribution in [2.45, 2.75) is 6.54 Å². The molecule has 2 rings (SSSR count). The van der Waals surface area contributed by atoms with Crippen molar-refractivity contribution in [3.05, 3.63) is 29.8 Å². The number of hydrogen-bond donors (Lipinski definition) is 1. The van der Waals surface area contributed by atoms with Crippen molar-refractivity contribution in [2.75, 3.05) is 52.6 Å². The Bertz CT molecular complexity index is 350. The molecule has 0 saturated carbocycles. The van der Waals surface area contributed by atoms with E-state index >= 15 is 0 Å². The van der Waals surface area contributed by atoms with Gasteiger partial charge in [0, 0.05) is 31.4 Å². The normalized spacial score (nSPS) is 20.2. The molecule has 0 atom stereocenters. The molecule has 0 aliphatic carbocycles. The van der Waals surface area contributed by atoms with Crippen molar-refractivity contribution < 1.29 is 4.48 Å². The van der Waals surface area contributed by atoms with Gasteiger partial charge in [0.2, 0.25) is 0 Å². The molecular weight excluding hydrogens is 210 g/mol. The fourth-order valence-corrected chi connectivity index (χ4v) is 2.42. The number of anilines is 1. The van der Waals surface area contributed by atoms with Crippen LogP contribution in [-0.2, 0) is 6.54 Å². The smallest absolute Gasteiger partial charge is 0.104 e. The quantitative estimate of drug-likeness (QED) is 0.800. The maximum Gasteiger partial charge on any atom is 0.104 e. The molecular formula is C14H24N3+. The van der Waals surface area contributed by atoms with Crippen molar-refractivity contribution in [2.24, 2.45) is 0 Å². The molecule has 1 aromatic rings. The molecule has 1 aliphatic rings. The molecule has 0 bridgehead atoms. The highest BCUT2D eigenvalue weighted by Gasteiger charge is 2.27. The minimum Gasteiger partial charge on any atom is -0.388 e. The predicted octanol–water partition coefficient (Wildman–Crippen LogP) is 1.62. The first kappa shape index (κ1) is 12.4. The number of piperazine rings is 1. The summed E-state index contributed by atoms with van der Waals surface area (Å²) in [6, 6.07) is 8.82. The van der Waals surface area contributed by atoms with E-state index in [1.807, 2.05) is 7.05 Å². The summed E-state index contributed by atoms with van der Waals surface area (Å²) in [6.07, 6.45) is 0. The van der Waals surface area contributed by atoms with Gasteiger partial charge in [0.15, 0.2) is 0 Å². The van der Waals surface area contributed by atoms with Crippen LogP contribution in [0, 0.1) is 0 Å². The summed E-state index contributed by atoms with van der Waals surface area (Å²) in [7, 11) is 6.55. The van der Waals surface area contributed by atoms with Gasteiger partial charge in [0.1, 0.15) is 6.54 Å². The fraction of sp³-hybridized carbons (Fsp3) is 0.571. The van der Waals surface area contributed by atoms with Crippen LogP contribution < -0.4 is 5.32 Å². The standard InChI is InChI=1S/C14H24N3/c1-15-14-6-4-13(5-7-14)12-17(3)10-8-16(2)9-11-17/h4-7,15H,8-12H2,1-3H3/q+1. The van der Waals surface area contributed by atoms with Crippen LogP contribution in [0.15, 0.2) is 24.3 Å². The molecule has 1 saturated heterocycles. The molecule has 1 heterocycles. The molecule has 1 N–H and O–H groups in total. The van der Waals surface area contributed by atoms with E-state index in [4.69, 9.17) is 0 Å². The Labute approximate surface area is 105 Å². The second kappa shape index (κ2) is 5.07. The summed E-state index contributed by atoms with van der Waals surface area (Å²) >= 11 is 0. The van der Waals surface area contributed by atoms with E-state index in [0.717, 1.165) is 6.54 Å². The zero-order valence-corrected chi connectivity index (χ0v) is 11.2. The van der Waals surface area contributed by atoms with Crippen LogP contribution in [0.2, 0.25) is 0 Å². The number of quaternary nitrogens is 1. The van der Waals surface area contributed by atoms with Gasteiger partial charge >= 0.3 is 0 Å².